The first-order chi connectivity index (χ1) is 6.70. The number of hydrogen-bond acceptors (Lipinski definition) is 4. The van der Waals surface area contributed by atoms with Gasteiger partial charge in [0.15, 0.2) is 0 Å². The summed E-state index contributed by atoms with van der Waals surface area (Å²) in [7, 11) is 0. The third kappa shape index (κ3) is 9.21. The van der Waals surface area contributed by atoms with Gasteiger partial charge in [-0.2, -0.15) is 0 Å². The lowest BCUT2D eigenvalue weighted by Gasteiger charge is -2.19. The molecule has 5 heteroatoms. The van der Waals surface area contributed by atoms with Gasteiger partial charge in [0.2, 0.25) is 0 Å². The van der Waals surface area contributed by atoms with E-state index in [0.29, 0.717) is 6.42 Å². The summed E-state index contributed by atoms with van der Waals surface area (Å²) in [6, 6.07) is -0.491. The predicted octanol–water partition coefficient (Wildman–Crippen LogP) is 0.910. The smallest absolute Gasteiger partial charge is 0.306 e. The highest BCUT2D eigenvalue weighted by Gasteiger charge is 2.17. The maximum atomic E-state index is 11.2. The third-order valence-corrected chi connectivity index (χ3v) is 1.58. The number of ether oxygens (including phenoxy) is 1. The van der Waals surface area contributed by atoms with E-state index in [2.05, 4.69) is 0 Å². The monoisotopic (exact) mass is 217 g/mol. The number of carbonyl (C=O) groups is 2. The summed E-state index contributed by atoms with van der Waals surface area (Å²) in [6.45, 7) is 5.34. The Morgan fingerprint density at radius 2 is 1.93 bits per heavy atom. The summed E-state index contributed by atoms with van der Waals surface area (Å²) >= 11 is 0. The number of aliphatic carboxylic acids is 1. The molecule has 0 aliphatic heterocycles. The molecule has 88 valence electrons. The zero-order chi connectivity index (χ0) is 12.1. The number of hydrogen-bond donors (Lipinski definition) is 2. The molecule has 0 aromatic rings. The first kappa shape index (κ1) is 13.9. The highest BCUT2D eigenvalue weighted by Crippen LogP contribution is 2.10. The number of carboxylic acid groups (broad SMARTS) is 1. The summed E-state index contributed by atoms with van der Waals surface area (Å²) in [4.78, 5) is 21.5. The van der Waals surface area contributed by atoms with Crippen LogP contribution in [0.5, 0.6) is 0 Å². The molecular formula is C10H19NO4. The van der Waals surface area contributed by atoms with E-state index in [1.807, 2.05) is 0 Å². The lowest BCUT2D eigenvalue weighted by atomic mass is 10.1. The van der Waals surface area contributed by atoms with Gasteiger partial charge in [-0.15, -0.1) is 0 Å². The molecule has 0 aliphatic carbocycles. The van der Waals surface area contributed by atoms with Crippen molar-refractivity contribution < 1.29 is 19.4 Å². The van der Waals surface area contributed by atoms with Crippen LogP contribution in [0.3, 0.4) is 0 Å². The van der Waals surface area contributed by atoms with Crippen molar-refractivity contribution in [3.63, 3.8) is 0 Å². The summed E-state index contributed by atoms with van der Waals surface area (Å²) in [5.74, 6) is -1.30. The number of carboxylic acids is 1. The van der Waals surface area contributed by atoms with E-state index >= 15 is 0 Å². The minimum absolute atomic E-state index is 0.122. The van der Waals surface area contributed by atoms with Gasteiger partial charge < -0.3 is 15.6 Å². The van der Waals surface area contributed by atoms with Gasteiger partial charge >= 0.3 is 11.9 Å². The maximum absolute atomic E-state index is 11.2. The minimum atomic E-state index is -0.952. The Labute approximate surface area is 89.6 Å². The number of carbonyl (C=O) groups excluding carboxylic acids is 1. The molecule has 15 heavy (non-hydrogen) atoms. The second-order valence-electron chi connectivity index (χ2n) is 4.48. The number of nitrogens with two attached hydrogens (primary N) is 1. The SMILES string of the molecule is CC(C)(C)OC(=O)CC[C@@H](N)CC(=O)O. The molecular weight excluding hydrogens is 198 g/mol. The van der Waals surface area contributed by atoms with Crippen molar-refractivity contribution in [2.45, 2.75) is 51.7 Å². The average Bonchev–Trinajstić information content (AvgIpc) is 1.96. The normalized spacial score (nSPS) is 13.3. The van der Waals surface area contributed by atoms with Crippen LogP contribution in [0.2, 0.25) is 0 Å². The van der Waals surface area contributed by atoms with Crippen LogP contribution in [0.15, 0.2) is 0 Å². The third-order valence-electron chi connectivity index (χ3n) is 1.58. The molecule has 0 aliphatic rings. The summed E-state index contributed by atoms with van der Waals surface area (Å²) in [5, 5.41) is 8.44. The Kier molecular flexibility index (Phi) is 5.28. The van der Waals surface area contributed by atoms with Crippen LogP contribution < -0.4 is 5.73 Å². The molecule has 0 heterocycles. The van der Waals surface area contributed by atoms with Gasteiger partial charge in [-0.3, -0.25) is 9.59 Å². The van der Waals surface area contributed by atoms with Crippen LogP contribution in [0.4, 0.5) is 0 Å². The van der Waals surface area contributed by atoms with Gasteiger partial charge in [0, 0.05) is 12.5 Å². The van der Waals surface area contributed by atoms with Crippen molar-refractivity contribution >= 4 is 11.9 Å². The molecule has 0 bridgehead atoms. The zero-order valence-corrected chi connectivity index (χ0v) is 9.45. The molecule has 3 N–H and O–H groups in total. The Morgan fingerprint density at radius 3 is 2.33 bits per heavy atom. The van der Waals surface area contributed by atoms with Crippen molar-refractivity contribution in [3.8, 4) is 0 Å². The summed E-state index contributed by atoms with van der Waals surface area (Å²) in [6.07, 6.45) is 0.371. The minimum Gasteiger partial charge on any atom is -0.481 e. The Bertz CT molecular complexity index is 232. The first-order valence-electron chi connectivity index (χ1n) is 4.90. The van der Waals surface area contributed by atoms with Crippen LogP contribution in [-0.2, 0) is 14.3 Å². The molecule has 0 saturated heterocycles. The fourth-order valence-corrected chi connectivity index (χ4v) is 1.02. The zero-order valence-electron chi connectivity index (χ0n) is 9.45. The number of esters is 1. The predicted molar refractivity (Wildman–Crippen MR) is 55.3 cm³/mol. The van der Waals surface area contributed by atoms with E-state index in [0.717, 1.165) is 0 Å². The quantitative estimate of drug-likeness (QED) is 0.668. The van der Waals surface area contributed by atoms with E-state index in [4.69, 9.17) is 15.6 Å². The van der Waals surface area contributed by atoms with Crippen LogP contribution in [0, 0.1) is 0 Å². The second kappa shape index (κ2) is 5.70. The van der Waals surface area contributed by atoms with Gasteiger partial charge in [0.25, 0.3) is 0 Å². The molecule has 5 nitrogen and oxygen atoms in total. The molecule has 0 unspecified atom stereocenters. The van der Waals surface area contributed by atoms with Gasteiger partial charge in [-0.05, 0) is 27.2 Å². The highest BCUT2D eigenvalue weighted by molar-refractivity contribution is 5.70. The largest absolute Gasteiger partial charge is 0.481 e. The van der Waals surface area contributed by atoms with E-state index in [1.165, 1.54) is 0 Å². The maximum Gasteiger partial charge on any atom is 0.306 e. The molecule has 0 spiro atoms. The Balaban J connectivity index is 3.76. The molecule has 0 radical (unpaired) electrons. The fraction of sp³-hybridized carbons (Fsp3) is 0.800. The van der Waals surface area contributed by atoms with Crippen molar-refractivity contribution in [1.82, 2.24) is 0 Å². The molecule has 0 aromatic carbocycles. The second-order valence-corrected chi connectivity index (χ2v) is 4.48. The van der Waals surface area contributed by atoms with E-state index in [9.17, 15) is 9.59 Å². The van der Waals surface area contributed by atoms with E-state index in [-0.39, 0.29) is 18.8 Å². The van der Waals surface area contributed by atoms with Crippen molar-refractivity contribution in [1.29, 1.82) is 0 Å². The lowest BCUT2D eigenvalue weighted by molar-refractivity contribution is -0.155. The van der Waals surface area contributed by atoms with Crippen LogP contribution in [-0.4, -0.2) is 28.7 Å². The van der Waals surface area contributed by atoms with Crippen molar-refractivity contribution in [2.24, 2.45) is 5.73 Å². The molecule has 0 amide bonds. The van der Waals surface area contributed by atoms with Crippen LogP contribution in [0.25, 0.3) is 0 Å². The number of rotatable bonds is 5. The van der Waals surface area contributed by atoms with Crippen molar-refractivity contribution in [3.05, 3.63) is 0 Å². The highest BCUT2D eigenvalue weighted by atomic mass is 16.6. The topological polar surface area (TPSA) is 89.6 Å². The average molecular weight is 217 g/mol. The van der Waals surface area contributed by atoms with Crippen LogP contribution >= 0.6 is 0 Å². The van der Waals surface area contributed by atoms with E-state index < -0.39 is 17.6 Å². The molecule has 1 atom stereocenters. The molecule has 0 saturated carbocycles. The van der Waals surface area contributed by atoms with Gasteiger partial charge in [-0.1, -0.05) is 0 Å². The fourth-order valence-electron chi connectivity index (χ4n) is 1.02. The molecule has 0 aromatic heterocycles. The van der Waals surface area contributed by atoms with E-state index in [1.54, 1.807) is 20.8 Å². The Hall–Kier alpha value is -1.10. The summed E-state index contributed by atoms with van der Waals surface area (Å²) in [5.41, 5.74) is 4.99. The first-order valence-corrected chi connectivity index (χ1v) is 4.90. The summed E-state index contributed by atoms with van der Waals surface area (Å²) < 4.78 is 5.05. The standard InChI is InChI=1S/C10H19NO4/c1-10(2,3)15-9(14)5-4-7(11)6-8(12)13/h7H,4-6,11H2,1-3H3,(H,12,13)/t7-/m1/s1. The molecule has 0 fully saturated rings. The van der Waals surface area contributed by atoms with Gasteiger partial charge in [0.1, 0.15) is 5.60 Å². The van der Waals surface area contributed by atoms with Crippen LogP contribution in [0.1, 0.15) is 40.0 Å². The lowest BCUT2D eigenvalue weighted by Crippen LogP contribution is -2.27. The van der Waals surface area contributed by atoms with Crippen molar-refractivity contribution in [2.75, 3.05) is 0 Å². The van der Waals surface area contributed by atoms with Gasteiger partial charge in [0.05, 0.1) is 6.42 Å². The molecule has 0 rings (SSSR count). The van der Waals surface area contributed by atoms with Gasteiger partial charge in [-0.25, -0.2) is 0 Å². The Morgan fingerprint density at radius 1 is 1.40 bits per heavy atom.